The average molecular weight is 626 g/mol. The maximum Gasteiger partial charge on any atom is 0.264 e. The number of anilines is 1. The second-order valence-electron chi connectivity index (χ2n) is 12.6. The van der Waals surface area contributed by atoms with Gasteiger partial charge < -0.3 is 10.2 Å². The van der Waals surface area contributed by atoms with Crippen LogP contribution >= 0.6 is 0 Å². The van der Waals surface area contributed by atoms with Gasteiger partial charge in [0, 0.05) is 18.5 Å². The Morgan fingerprint density at radius 2 is 1.42 bits per heavy atom. The number of nitrogens with one attached hydrogen (secondary N) is 1. The third-order valence-corrected chi connectivity index (χ3v) is 9.34. The third-order valence-electron chi connectivity index (χ3n) is 7.55. The molecule has 0 radical (unpaired) electrons. The van der Waals surface area contributed by atoms with Crippen molar-refractivity contribution >= 4 is 27.5 Å². The summed E-state index contributed by atoms with van der Waals surface area (Å²) in [4.78, 5) is 30.2. The van der Waals surface area contributed by atoms with Gasteiger partial charge in [-0.1, -0.05) is 84.4 Å². The summed E-state index contributed by atoms with van der Waals surface area (Å²) in [6, 6.07) is 30.0. The standard InChI is InChI=1S/C37H43N3O4S/c1-27-19-21-33(22-20-27)45(43,44)40(32-18-12-13-28(2)23-32)26-35(41)39(25-31-17-11-10-14-29(31)3)34(36(42)38-37(4,5)6)24-30-15-8-7-9-16-30/h7-23,34H,24-26H2,1-6H3,(H,38,42)/t34-/m1/s1. The van der Waals surface area contributed by atoms with Crippen LogP contribution in [0, 0.1) is 20.8 Å². The molecule has 0 aliphatic carbocycles. The number of hydrogen-bond donors (Lipinski definition) is 1. The number of hydrogen-bond acceptors (Lipinski definition) is 4. The second kappa shape index (κ2) is 14.1. The van der Waals surface area contributed by atoms with Crippen molar-refractivity contribution in [2.45, 2.75) is 71.0 Å². The molecular formula is C37H43N3O4S. The SMILES string of the molecule is Cc1ccc(S(=O)(=O)N(CC(=O)N(Cc2ccccc2C)[C@H](Cc2ccccc2)C(=O)NC(C)(C)C)c2cccc(C)c2)cc1. The molecule has 0 spiro atoms. The molecule has 7 nitrogen and oxygen atoms in total. The highest BCUT2D eigenvalue weighted by Crippen LogP contribution is 2.26. The zero-order valence-corrected chi connectivity index (χ0v) is 27.8. The van der Waals surface area contributed by atoms with Gasteiger partial charge in [-0.25, -0.2) is 8.42 Å². The smallest absolute Gasteiger partial charge is 0.264 e. The van der Waals surface area contributed by atoms with Gasteiger partial charge in [0.05, 0.1) is 10.6 Å². The summed E-state index contributed by atoms with van der Waals surface area (Å²) in [5.74, 6) is -0.794. The van der Waals surface area contributed by atoms with Crippen LogP contribution in [0.1, 0.15) is 48.6 Å². The van der Waals surface area contributed by atoms with E-state index in [2.05, 4.69) is 5.32 Å². The lowest BCUT2D eigenvalue weighted by molar-refractivity contribution is -0.140. The predicted octanol–water partition coefficient (Wildman–Crippen LogP) is 6.36. The molecule has 0 unspecified atom stereocenters. The Morgan fingerprint density at radius 3 is 2.04 bits per heavy atom. The normalized spacial score (nSPS) is 12.3. The lowest BCUT2D eigenvalue weighted by Gasteiger charge is -2.35. The van der Waals surface area contributed by atoms with Crippen LogP contribution < -0.4 is 9.62 Å². The van der Waals surface area contributed by atoms with Gasteiger partial charge in [-0.3, -0.25) is 13.9 Å². The molecule has 0 bridgehead atoms. The molecule has 4 aromatic carbocycles. The van der Waals surface area contributed by atoms with Gasteiger partial charge in [0.2, 0.25) is 11.8 Å². The summed E-state index contributed by atoms with van der Waals surface area (Å²) >= 11 is 0. The van der Waals surface area contributed by atoms with Crippen molar-refractivity contribution in [3.8, 4) is 0 Å². The van der Waals surface area contributed by atoms with Crippen LogP contribution in [0.15, 0.2) is 108 Å². The fourth-order valence-electron chi connectivity index (χ4n) is 5.13. The molecular weight excluding hydrogens is 582 g/mol. The summed E-state index contributed by atoms with van der Waals surface area (Å²) in [6.07, 6.45) is 0.259. The Hall–Kier alpha value is -4.43. The van der Waals surface area contributed by atoms with Crippen LogP contribution in [-0.2, 0) is 32.6 Å². The van der Waals surface area contributed by atoms with Gasteiger partial charge in [-0.05, 0) is 88.1 Å². The molecule has 0 aliphatic rings. The van der Waals surface area contributed by atoms with Crippen LogP contribution in [-0.4, -0.2) is 43.3 Å². The molecule has 2 amide bonds. The molecule has 4 rings (SSSR count). The van der Waals surface area contributed by atoms with Crippen molar-refractivity contribution in [3.05, 3.63) is 131 Å². The fourth-order valence-corrected chi connectivity index (χ4v) is 6.53. The molecule has 0 aliphatic heterocycles. The molecule has 236 valence electrons. The van der Waals surface area contributed by atoms with Gasteiger partial charge in [0.1, 0.15) is 12.6 Å². The van der Waals surface area contributed by atoms with E-state index in [-0.39, 0.29) is 23.8 Å². The lowest BCUT2D eigenvalue weighted by atomic mass is 10.00. The first kappa shape index (κ1) is 33.5. The van der Waals surface area contributed by atoms with Crippen molar-refractivity contribution in [1.29, 1.82) is 0 Å². The monoisotopic (exact) mass is 625 g/mol. The average Bonchev–Trinajstić information content (AvgIpc) is 2.98. The Bertz CT molecular complexity index is 1730. The van der Waals surface area contributed by atoms with Gasteiger partial charge in [-0.15, -0.1) is 0 Å². The summed E-state index contributed by atoms with van der Waals surface area (Å²) in [7, 11) is -4.15. The number of rotatable bonds is 11. The second-order valence-corrected chi connectivity index (χ2v) is 14.4. The highest BCUT2D eigenvalue weighted by molar-refractivity contribution is 7.92. The number of amides is 2. The van der Waals surface area contributed by atoms with Crippen LogP contribution in [0.2, 0.25) is 0 Å². The molecule has 45 heavy (non-hydrogen) atoms. The highest BCUT2D eigenvalue weighted by atomic mass is 32.2. The molecule has 0 saturated carbocycles. The van der Waals surface area contributed by atoms with E-state index in [9.17, 15) is 18.0 Å². The van der Waals surface area contributed by atoms with E-state index in [4.69, 9.17) is 0 Å². The lowest BCUT2D eigenvalue weighted by Crippen LogP contribution is -2.56. The first-order chi connectivity index (χ1) is 21.2. The largest absolute Gasteiger partial charge is 0.350 e. The highest BCUT2D eigenvalue weighted by Gasteiger charge is 2.35. The first-order valence-electron chi connectivity index (χ1n) is 15.1. The minimum atomic E-state index is -4.15. The van der Waals surface area contributed by atoms with Crippen molar-refractivity contribution in [3.63, 3.8) is 0 Å². The molecule has 0 heterocycles. The zero-order valence-electron chi connectivity index (χ0n) is 26.9. The van der Waals surface area contributed by atoms with E-state index >= 15 is 0 Å². The molecule has 0 fully saturated rings. The number of benzene rings is 4. The molecule has 4 aromatic rings. The molecule has 0 aromatic heterocycles. The van der Waals surface area contributed by atoms with Gasteiger partial charge in [-0.2, -0.15) is 0 Å². The molecule has 8 heteroatoms. The number of nitrogens with zero attached hydrogens (tertiary/aromatic N) is 2. The predicted molar refractivity (Wildman–Crippen MR) is 180 cm³/mol. The van der Waals surface area contributed by atoms with E-state index in [1.165, 1.54) is 4.90 Å². The van der Waals surface area contributed by atoms with Gasteiger partial charge in [0.25, 0.3) is 10.0 Å². The van der Waals surface area contributed by atoms with Gasteiger partial charge >= 0.3 is 0 Å². The van der Waals surface area contributed by atoms with Crippen LogP contribution in [0.3, 0.4) is 0 Å². The molecule has 0 saturated heterocycles. The number of carbonyl (C=O) groups is 2. The number of carbonyl (C=O) groups excluding carboxylic acids is 2. The fraction of sp³-hybridized carbons (Fsp3) is 0.297. The Morgan fingerprint density at radius 1 is 0.778 bits per heavy atom. The van der Waals surface area contributed by atoms with Crippen molar-refractivity contribution < 1.29 is 18.0 Å². The quantitative estimate of drug-likeness (QED) is 0.210. The summed E-state index contributed by atoms with van der Waals surface area (Å²) in [5.41, 5.74) is 4.32. The van der Waals surface area contributed by atoms with Crippen molar-refractivity contribution in [1.82, 2.24) is 10.2 Å². The van der Waals surface area contributed by atoms with Crippen molar-refractivity contribution in [2.24, 2.45) is 0 Å². The van der Waals surface area contributed by atoms with Gasteiger partial charge in [0.15, 0.2) is 0 Å². The van der Waals surface area contributed by atoms with E-state index in [1.54, 1.807) is 42.5 Å². The number of sulfonamides is 1. The zero-order chi connectivity index (χ0) is 32.8. The van der Waals surface area contributed by atoms with Crippen LogP contribution in [0.4, 0.5) is 5.69 Å². The molecule has 1 atom stereocenters. The summed E-state index contributed by atoms with van der Waals surface area (Å²) in [6.45, 7) is 11.0. The minimum Gasteiger partial charge on any atom is -0.350 e. The van der Waals surface area contributed by atoms with E-state index in [0.29, 0.717) is 5.69 Å². The van der Waals surface area contributed by atoms with E-state index < -0.39 is 34.1 Å². The topological polar surface area (TPSA) is 86.8 Å². The first-order valence-corrected chi connectivity index (χ1v) is 16.5. The third kappa shape index (κ3) is 8.82. The van der Waals surface area contributed by atoms with Crippen molar-refractivity contribution in [2.75, 3.05) is 10.8 Å². The minimum absolute atomic E-state index is 0.0826. The van der Waals surface area contributed by atoms with Crippen LogP contribution in [0.25, 0.3) is 0 Å². The summed E-state index contributed by atoms with van der Waals surface area (Å²) in [5, 5.41) is 3.06. The van der Waals surface area contributed by atoms with E-state index in [0.717, 1.165) is 32.1 Å². The number of aryl methyl sites for hydroxylation is 3. The Kier molecular flexibility index (Phi) is 10.5. The summed E-state index contributed by atoms with van der Waals surface area (Å²) < 4.78 is 29.5. The molecule has 1 N–H and O–H groups in total. The Labute approximate surface area is 268 Å². The maximum absolute atomic E-state index is 14.6. The maximum atomic E-state index is 14.6. The van der Waals surface area contributed by atoms with E-state index in [1.807, 2.05) is 102 Å². The van der Waals surface area contributed by atoms with Crippen LogP contribution in [0.5, 0.6) is 0 Å². The Balaban J connectivity index is 1.83.